The minimum atomic E-state index is -0.596. The number of benzene rings is 1. The Morgan fingerprint density at radius 2 is 1.96 bits per heavy atom. The monoisotopic (exact) mass is 399 g/mol. The summed E-state index contributed by atoms with van der Waals surface area (Å²) in [5, 5.41) is 12.4. The van der Waals surface area contributed by atoms with Crippen LogP contribution in [-0.2, 0) is 4.79 Å². The predicted octanol–water partition coefficient (Wildman–Crippen LogP) is 4.91. The number of aliphatic hydroxyl groups excluding tert-OH is 1. The molecule has 28 heavy (non-hydrogen) atoms. The SMILES string of the molecule is CCCCN1C(=O)C(O)=C(C(=O)c2cccs2)C1c1ccc(OC(C)C)cc1. The first-order valence-corrected chi connectivity index (χ1v) is 10.4. The highest BCUT2D eigenvalue weighted by molar-refractivity contribution is 7.12. The van der Waals surface area contributed by atoms with Gasteiger partial charge < -0.3 is 14.7 Å². The standard InChI is InChI=1S/C22H25NO4S/c1-4-5-12-23-19(15-8-10-16(11-9-15)27-14(2)3)18(21(25)22(23)26)20(24)17-7-6-13-28-17/h6-11,13-14,19,25H,4-5,12H2,1-3H3. The third kappa shape index (κ3) is 3.97. The van der Waals surface area contributed by atoms with Gasteiger partial charge in [0, 0.05) is 6.54 Å². The van der Waals surface area contributed by atoms with Crippen molar-refractivity contribution in [2.45, 2.75) is 45.8 Å². The number of carbonyl (C=O) groups excluding carboxylic acids is 2. The lowest BCUT2D eigenvalue weighted by atomic mass is 9.95. The van der Waals surface area contributed by atoms with Crippen LogP contribution in [0, 0.1) is 0 Å². The molecule has 0 saturated carbocycles. The average molecular weight is 400 g/mol. The van der Waals surface area contributed by atoms with Crippen LogP contribution in [0.4, 0.5) is 0 Å². The fraction of sp³-hybridized carbons (Fsp3) is 0.364. The molecule has 2 aromatic rings. The molecule has 2 heterocycles. The molecule has 0 bridgehead atoms. The molecule has 1 atom stereocenters. The molecule has 1 aliphatic rings. The number of Topliss-reactive ketones (excluding diaryl/α,β-unsaturated/α-hetero) is 1. The molecule has 0 radical (unpaired) electrons. The second-order valence-electron chi connectivity index (χ2n) is 7.06. The third-order valence-corrected chi connectivity index (χ3v) is 5.48. The highest BCUT2D eigenvalue weighted by Gasteiger charge is 2.43. The zero-order valence-electron chi connectivity index (χ0n) is 16.3. The van der Waals surface area contributed by atoms with E-state index in [0.717, 1.165) is 24.2 Å². The van der Waals surface area contributed by atoms with Gasteiger partial charge in [-0.25, -0.2) is 0 Å². The van der Waals surface area contributed by atoms with Crippen molar-refractivity contribution in [2.24, 2.45) is 0 Å². The van der Waals surface area contributed by atoms with E-state index in [2.05, 4.69) is 0 Å². The van der Waals surface area contributed by atoms with Crippen molar-refractivity contribution in [1.82, 2.24) is 4.90 Å². The lowest BCUT2D eigenvalue weighted by molar-refractivity contribution is -0.129. The second kappa shape index (κ2) is 8.61. The second-order valence-corrected chi connectivity index (χ2v) is 8.01. The molecule has 0 fully saturated rings. The van der Waals surface area contributed by atoms with E-state index >= 15 is 0 Å². The molecule has 1 aliphatic heterocycles. The van der Waals surface area contributed by atoms with E-state index in [-0.39, 0.29) is 17.5 Å². The van der Waals surface area contributed by atoms with Gasteiger partial charge in [0.15, 0.2) is 5.76 Å². The molecule has 1 aromatic carbocycles. The van der Waals surface area contributed by atoms with Gasteiger partial charge in [0.2, 0.25) is 5.78 Å². The van der Waals surface area contributed by atoms with Crippen LogP contribution in [0.25, 0.3) is 0 Å². The summed E-state index contributed by atoms with van der Waals surface area (Å²) in [6.45, 7) is 6.43. The van der Waals surface area contributed by atoms with Crippen LogP contribution in [0.2, 0.25) is 0 Å². The molecule has 148 valence electrons. The normalized spacial score (nSPS) is 16.9. The number of aliphatic hydroxyl groups is 1. The van der Waals surface area contributed by atoms with Crippen molar-refractivity contribution in [3.8, 4) is 5.75 Å². The maximum atomic E-state index is 13.1. The number of ether oxygens (including phenoxy) is 1. The van der Waals surface area contributed by atoms with Crippen LogP contribution in [0.3, 0.4) is 0 Å². The Bertz CT molecular complexity index is 868. The van der Waals surface area contributed by atoms with E-state index in [9.17, 15) is 14.7 Å². The van der Waals surface area contributed by atoms with Crippen LogP contribution in [0.15, 0.2) is 53.1 Å². The number of hydrogen-bond donors (Lipinski definition) is 1. The summed E-state index contributed by atoms with van der Waals surface area (Å²) in [6.07, 6.45) is 1.76. The van der Waals surface area contributed by atoms with Crippen LogP contribution >= 0.6 is 11.3 Å². The molecular formula is C22H25NO4S. The number of carbonyl (C=O) groups is 2. The summed E-state index contributed by atoms with van der Waals surface area (Å²) in [5.74, 6) is -0.502. The fourth-order valence-corrected chi connectivity index (χ4v) is 4.01. The van der Waals surface area contributed by atoms with Crippen LogP contribution < -0.4 is 4.74 Å². The molecule has 0 saturated heterocycles. The Hall–Kier alpha value is -2.60. The molecule has 1 unspecified atom stereocenters. The summed E-state index contributed by atoms with van der Waals surface area (Å²) in [4.78, 5) is 27.9. The number of rotatable bonds is 8. The number of nitrogens with zero attached hydrogens (tertiary/aromatic N) is 1. The van der Waals surface area contributed by atoms with Crippen LogP contribution in [-0.4, -0.2) is 34.3 Å². The maximum Gasteiger partial charge on any atom is 0.290 e. The number of thiophene rings is 1. The van der Waals surface area contributed by atoms with Gasteiger partial charge in [-0.1, -0.05) is 31.5 Å². The summed E-state index contributed by atoms with van der Waals surface area (Å²) in [6, 6.07) is 10.3. The fourth-order valence-electron chi connectivity index (χ4n) is 3.33. The molecule has 1 N–H and O–H groups in total. The molecular weight excluding hydrogens is 374 g/mol. The van der Waals surface area contributed by atoms with Crippen molar-refractivity contribution in [2.75, 3.05) is 6.54 Å². The van der Waals surface area contributed by atoms with Gasteiger partial charge >= 0.3 is 0 Å². The largest absolute Gasteiger partial charge is 0.503 e. The lowest BCUT2D eigenvalue weighted by Crippen LogP contribution is -2.32. The quantitative estimate of drug-likeness (QED) is 0.640. The van der Waals surface area contributed by atoms with Crippen molar-refractivity contribution in [3.05, 3.63) is 63.6 Å². The lowest BCUT2D eigenvalue weighted by Gasteiger charge is -2.27. The summed E-state index contributed by atoms with van der Waals surface area (Å²) < 4.78 is 5.69. The van der Waals surface area contributed by atoms with E-state index in [1.54, 1.807) is 17.0 Å². The van der Waals surface area contributed by atoms with Gasteiger partial charge in [0.1, 0.15) is 5.75 Å². The topological polar surface area (TPSA) is 66.8 Å². The third-order valence-electron chi connectivity index (χ3n) is 4.61. The highest BCUT2D eigenvalue weighted by Crippen LogP contribution is 2.40. The zero-order valence-corrected chi connectivity index (χ0v) is 17.2. The van der Waals surface area contributed by atoms with Crippen molar-refractivity contribution >= 4 is 23.0 Å². The number of hydrogen-bond acceptors (Lipinski definition) is 5. The summed E-state index contributed by atoms with van der Waals surface area (Å²) in [5.41, 5.74) is 0.936. The van der Waals surface area contributed by atoms with Gasteiger partial charge in [-0.15, -0.1) is 11.3 Å². The zero-order chi connectivity index (χ0) is 20.3. The van der Waals surface area contributed by atoms with Gasteiger partial charge in [0.05, 0.1) is 22.6 Å². The Labute approximate surface area is 169 Å². The van der Waals surface area contributed by atoms with Crippen LogP contribution in [0.1, 0.15) is 54.9 Å². The Balaban J connectivity index is 2.00. The predicted molar refractivity (Wildman–Crippen MR) is 110 cm³/mol. The van der Waals surface area contributed by atoms with Gasteiger partial charge in [0.25, 0.3) is 5.91 Å². The molecule has 1 aromatic heterocycles. The smallest absolute Gasteiger partial charge is 0.290 e. The minimum absolute atomic E-state index is 0.0554. The number of ketones is 1. The number of unbranched alkanes of at least 4 members (excludes halogenated alkanes) is 1. The Morgan fingerprint density at radius 1 is 1.25 bits per heavy atom. The van der Waals surface area contributed by atoms with Gasteiger partial charge in [-0.3, -0.25) is 9.59 Å². The highest BCUT2D eigenvalue weighted by atomic mass is 32.1. The van der Waals surface area contributed by atoms with Crippen molar-refractivity contribution in [1.29, 1.82) is 0 Å². The van der Waals surface area contributed by atoms with E-state index < -0.39 is 17.7 Å². The van der Waals surface area contributed by atoms with E-state index in [1.807, 2.05) is 50.4 Å². The van der Waals surface area contributed by atoms with E-state index in [1.165, 1.54) is 11.3 Å². The Morgan fingerprint density at radius 3 is 2.54 bits per heavy atom. The maximum absolute atomic E-state index is 13.1. The molecule has 5 nitrogen and oxygen atoms in total. The first kappa shape index (κ1) is 20.1. The Kier molecular flexibility index (Phi) is 6.19. The van der Waals surface area contributed by atoms with E-state index in [4.69, 9.17) is 4.74 Å². The van der Waals surface area contributed by atoms with Crippen LogP contribution in [0.5, 0.6) is 5.75 Å². The minimum Gasteiger partial charge on any atom is -0.503 e. The van der Waals surface area contributed by atoms with Crippen molar-refractivity contribution in [3.63, 3.8) is 0 Å². The van der Waals surface area contributed by atoms with Crippen molar-refractivity contribution < 1.29 is 19.4 Å². The number of amides is 1. The summed E-state index contributed by atoms with van der Waals surface area (Å²) in [7, 11) is 0. The molecule has 3 rings (SSSR count). The molecule has 0 aliphatic carbocycles. The molecule has 6 heteroatoms. The van der Waals surface area contributed by atoms with Gasteiger partial charge in [-0.2, -0.15) is 0 Å². The first-order valence-electron chi connectivity index (χ1n) is 9.53. The summed E-state index contributed by atoms with van der Waals surface area (Å²) >= 11 is 1.30. The molecule has 1 amide bonds. The van der Waals surface area contributed by atoms with E-state index in [0.29, 0.717) is 11.4 Å². The van der Waals surface area contributed by atoms with Gasteiger partial charge in [-0.05, 0) is 49.4 Å². The average Bonchev–Trinajstić information content (AvgIpc) is 3.28. The molecule has 0 spiro atoms. The first-order chi connectivity index (χ1) is 13.4.